The number of hydrogen-bond donors (Lipinski definition) is 0. The molecule has 2 aromatic carbocycles. The molecule has 31 heavy (non-hydrogen) atoms. The molecule has 2 heterocycles. The highest BCUT2D eigenvalue weighted by Gasteiger charge is 2.32. The normalized spacial score (nSPS) is 16.0. The van der Waals surface area contributed by atoms with E-state index in [1.165, 1.54) is 12.1 Å². The average molecular weight is 425 g/mol. The molecule has 8 heteroatoms. The van der Waals surface area contributed by atoms with Gasteiger partial charge < -0.3 is 9.64 Å². The zero-order chi connectivity index (χ0) is 21.8. The van der Waals surface area contributed by atoms with E-state index in [1.54, 1.807) is 19.2 Å². The molecule has 7 nitrogen and oxygen atoms in total. The summed E-state index contributed by atoms with van der Waals surface area (Å²) in [5.74, 6) is 1.86. The monoisotopic (exact) mass is 424 g/mol. The van der Waals surface area contributed by atoms with Crippen LogP contribution < -0.4 is 9.64 Å². The predicted molar refractivity (Wildman–Crippen MR) is 118 cm³/mol. The van der Waals surface area contributed by atoms with Crippen molar-refractivity contribution < 1.29 is 9.13 Å². The molecule has 164 valence electrons. The van der Waals surface area contributed by atoms with Crippen LogP contribution in [0.4, 0.5) is 10.1 Å². The highest BCUT2D eigenvalue weighted by Crippen LogP contribution is 2.32. The first kappa shape index (κ1) is 21.2. The fourth-order valence-corrected chi connectivity index (χ4v) is 4.31. The molecule has 0 amide bonds. The molecule has 0 bridgehead atoms. The van der Waals surface area contributed by atoms with Crippen molar-refractivity contribution in [2.24, 2.45) is 5.92 Å². The highest BCUT2D eigenvalue weighted by atomic mass is 19.1. The second-order valence-electron chi connectivity index (χ2n) is 8.20. The van der Waals surface area contributed by atoms with Crippen LogP contribution in [0.15, 0.2) is 48.5 Å². The Kier molecular flexibility index (Phi) is 6.46. The number of hydrogen-bond acceptors (Lipinski definition) is 6. The van der Waals surface area contributed by atoms with Crippen LogP contribution in [0.3, 0.4) is 0 Å². The van der Waals surface area contributed by atoms with Gasteiger partial charge in [0.15, 0.2) is 5.82 Å². The van der Waals surface area contributed by atoms with Crippen molar-refractivity contribution in [1.29, 1.82) is 0 Å². The van der Waals surface area contributed by atoms with E-state index in [4.69, 9.17) is 4.74 Å². The van der Waals surface area contributed by atoms with Crippen molar-refractivity contribution in [1.82, 2.24) is 25.1 Å². The smallest absolute Gasteiger partial charge is 0.169 e. The molecule has 0 aliphatic carbocycles. The molecular formula is C23H29FN6O. The Morgan fingerprint density at radius 3 is 2.39 bits per heavy atom. The molecule has 1 saturated heterocycles. The van der Waals surface area contributed by atoms with E-state index in [0.717, 1.165) is 49.0 Å². The third kappa shape index (κ3) is 4.69. The van der Waals surface area contributed by atoms with Gasteiger partial charge in [-0.05, 0) is 46.2 Å². The Hall–Kier alpha value is -3.00. The largest absolute Gasteiger partial charge is 0.495 e. The number of aromatic nitrogens is 4. The van der Waals surface area contributed by atoms with Gasteiger partial charge in [-0.3, -0.25) is 4.90 Å². The molecule has 1 atom stereocenters. The first-order valence-electron chi connectivity index (χ1n) is 10.7. The van der Waals surface area contributed by atoms with E-state index in [1.807, 2.05) is 22.9 Å². The number of para-hydroxylation sites is 2. The maximum Gasteiger partial charge on any atom is 0.169 e. The molecule has 0 N–H and O–H groups in total. The van der Waals surface area contributed by atoms with E-state index < -0.39 is 0 Å². The minimum atomic E-state index is -0.242. The summed E-state index contributed by atoms with van der Waals surface area (Å²) in [5, 5.41) is 12.6. The maximum atomic E-state index is 13.3. The van der Waals surface area contributed by atoms with E-state index in [9.17, 15) is 4.39 Å². The quantitative estimate of drug-likeness (QED) is 0.580. The van der Waals surface area contributed by atoms with Crippen molar-refractivity contribution in [2.45, 2.75) is 26.4 Å². The molecule has 0 spiro atoms. The fourth-order valence-electron chi connectivity index (χ4n) is 4.31. The molecule has 0 radical (unpaired) electrons. The van der Waals surface area contributed by atoms with Crippen LogP contribution in [0.1, 0.15) is 31.3 Å². The lowest BCUT2D eigenvalue weighted by molar-refractivity contribution is 0.135. The topological polar surface area (TPSA) is 59.3 Å². The summed E-state index contributed by atoms with van der Waals surface area (Å²) in [6.45, 7) is 8.55. The van der Waals surface area contributed by atoms with Crippen LogP contribution in [0.5, 0.6) is 5.75 Å². The second kappa shape index (κ2) is 9.43. The van der Waals surface area contributed by atoms with Gasteiger partial charge in [-0.15, -0.1) is 5.10 Å². The Bertz CT molecular complexity index is 982. The highest BCUT2D eigenvalue weighted by molar-refractivity contribution is 5.58. The number of methoxy groups -OCH3 is 1. The van der Waals surface area contributed by atoms with E-state index in [-0.39, 0.29) is 11.9 Å². The number of rotatable bonds is 7. The van der Waals surface area contributed by atoms with Crippen molar-refractivity contribution in [3.63, 3.8) is 0 Å². The Morgan fingerprint density at radius 2 is 1.71 bits per heavy atom. The van der Waals surface area contributed by atoms with Gasteiger partial charge in [-0.2, -0.15) is 0 Å². The zero-order valence-electron chi connectivity index (χ0n) is 18.3. The summed E-state index contributed by atoms with van der Waals surface area (Å²) < 4.78 is 20.6. The van der Waals surface area contributed by atoms with Crippen molar-refractivity contribution >= 4 is 5.69 Å². The number of nitrogens with zero attached hydrogens (tertiary/aromatic N) is 6. The minimum absolute atomic E-state index is 0.107. The lowest BCUT2D eigenvalue weighted by Gasteiger charge is -2.41. The molecule has 1 aromatic heterocycles. The number of anilines is 1. The molecule has 3 aromatic rings. The Labute approximate surface area is 182 Å². The first-order valence-corrected chi connectivity index (χ1v) is 10.7. The number of halogens is 1. The van der Waals surface area contributed by atoms with Crippen LogP contribution in [-0.2, 0) is 6.54 Å². The molecular weight excluding hydrogens is 395 g/mol. The van der Waals surface area contributed by atoms with Gasteiger partial charge in [0.1, 0.15) is 11.6 Å². The summed E-state index contributed by atoms with van der Waals surface area (Å²) in [6, 6.07) is 14.7. The van der Waals surface area contributed by atoms with Crippen LogP contribution in [0.25, 0.3) is 0 Å². The van der Waals surface area contributed by atoms with Crippen LogP contribution in [0, 0.1) is 11.7 Å². The number of benzene rings is 2. The zero-order valence-corrected chi connectivity index (χ0v) is 18.3. The SMILES string of the molecule is COc1ccccc1N1CCN(C(c2nnnn2Cc2ccc(F)cc2)C(C)C)CC1. The summed E-state index contributed by atoms with van der Waals surface area (Å²) >= 11 is 0. The van der Waals surface area contributed by atoms with Gasteiger partial charge >= 0.3 is 0 Å². The summed E-state index contributed by atoms with van der Waals surface area (Å²) in [4.78, 5) is 4.83. The lowest BCUT2D eigenvalue weighted by Crippen LogP contribution is -2.49. The van der Waals surface area contributed by atoms with Gasteiger partial charge in [0.05, 0.1) is 25.4 Å². The number of piperazine rings is 1. The van der Waals surface area contributed by atoms with Gasteiger partial charge in [-0.25, -0.2) is 9.07 Å². The third-order valence-electron chi connectivity index (χ3n) is 5.83. The van der Waals surface area contributed by atoms with Gasteiger partial charge in [0.25, 0.3) is 0 Å². The third-order valence-corrected chi connectivity index (χ3v) is 5.83. The van der Waals surface area contributed by atoms with Crippen molar-refractivity contribution in [3.8, 4) is 5.75 Å². The summed E-state index contributed by atoms with van der Waals surface area (Å²) in [6.07, 6.45) is 0. The Morgan fingerprint density at radius 1 is 1.00 bits per heavy atom. The van der Waals surface area contributed by atoms with E-state index in [2.05, 4.69) is 45.2 Å². The van der Waals surface area contributed by atoms with Crippen molar-refractivity contribution in [2.75, 3.05) is 38.2 Å². The molecule has 1 aliphatic heterocycles. The number of tetrazole rings is 1. The van der Waals surface area contributed by atoms with Gasteiger partial charge in [0, 0.05) is 26.2 Å². The molecule has 1 aliphatic rings. The summed E-state index contributed by atoms with van der Waals surface area (Å²) in [7, 11) is 1.71. The molecule has 1 unspecified atom stereocenters. The lowest BCUT2D eigenvalue weighted by atomic mass is 10.0. The second-order valence-corrected chi connectivity index (χ2v) is 8.20. The molecule has 1 fully saturated rings. The maximum absolute atomic E-state index is 13.3. The fraction of sp³-hybridized carbons (Fsp3) is 0.435. The predicted octanol–water partition coefficient (Wildman–Crippen LogP) is 3.39. The molecule has 0 saturated carbocycles. The summed E-state index contributed by atoms with van der Waals surface area (Å²) in [5.41, 5.74) is 2.10. The van der Waals surface area contributed by atoms with Gasteiger partial charge in [0.2, 0.25) is 0 Å². The van der Waals surface area contributed by atoms with Crippen LogP contribution in [0.2, 0.25) is 0 Å². The van der Waals surface area contributed by atoms with E-state index in [0.29, 0.717) is 12.5 Å². The van der Waals surface area contributed by atoms with E-state index >= 15 is 0 Å². The van der Waals surface area contributed by atoms with Gasteiger partial charge in [-0.1, -0.05) is 38.1 Å². The van der Waals surface area contributed by atoms with Crippen LogP contribution in [-0.4, -0.2) is 58.4 Å². The molecule has 4 rings (SSSR count). The van der Waals surface area contributed by atoms with Crippen LogP contribution >= 0.6 is 0 Å². The average Bonchev–Trinajstić information content (AvgIpc) is 3.23. The first-order chi connectivity index (χ1) is 15.1. The minimum Gasteiger partial charge on any atom is -0.495 e. The van der Waals surface area contributed by atoms with Crippen molar-refractivity contribution in [3.05, 3.63) is 65.7 Å². The Balaban J connectivity index is 1.49. The number of ether oxygens (including phenoxy) is 1. The standard InChI is InChI=1S/C23H29FN6O/c1-17(2)22(23-25-26-27-30(23)16-18-8-10-19(24)11-9-18)29-14-12-28(13-15-29)20-6-4-5-7-21(20)31-3/h4-11,17,22H,12-16H2,1-3H3.